The third-order valence-corrected chi connectivity index (χ3v) is 5.68. The van der Waals surface area contributed by atoms with Crippen molar-refractivity contribution in [1.82, 2.24) is 24.9 Å². The highest BCUT2D eigenvalue weighted by Crippen LogP contribution is 2.38. The molecule has 0 saturated carbocycles. The van der Waals surface area contributed by atoms with Crippen LogP contribution in [0, 0.1) is 27.7 Å². The summed E-state index contributed by atoms with van der Waals surface area (Å²) in [5.74, 6) is 0.760. The summed E-state index contributed by atoms with van der Waals surface area (Å²) in [5.41, 5.74) is 8.36. The molecule has 0 amide bonds. The first-order valence-corrected chi connectivity index (χ1v) is 10.1. The lowest BCUT2D eigenvalue weighted by Crippen LogP contribution is -1.93. The zero-order valence-electron chi connectivity index (χ0n) is 16.2. The van der Waals surface area contributed by atoms with Gasteiger partial charge < -0.3 is 9.51 Å². The Labute approximate surface area is 159 Å². The molecule has 27 heavy (non-hydrogen) atoms. The molecule has 0 aliphatic heterocycles. The standard InChI is InChI=1S/C19H21N5O2S/c1-9-16(11(3)24(5)22-9)14-7-13(17-10(2)23-26-12(17)4)8-15-18(14)21-19(20-15)27(6)25/h7-8H,1-6H3,(H,20,21). The van der Waals surface area contributed by atoms with Crippen LogP contribution in [-0.2, 0) is 17.8 Å². The molecule has 0 aliphatic carbocycles. The molecule has 0 saturated heterocycles. The summed E-state index contributed by atoms with van der Waals surface area (Å²) in [5, 5.41) is 9.09. The van der Waals surface area contributed by atoms with Gasteiger partial charge in [0.25, 0.3) is 0 Å². The van der Waals surface area contributed by atoms with Crippen LogP contribution in [0.25, 0.3) is 33.3 Å². The van der Waals surface area contributed by atoms with E-state index < -0.39 is 10.8 Å². The van der Waals surface area contributed by atoms with Crippen LogP contribution < -0.4 is 0 Å². The summed E-state index contributed by atoms with van der Waals surface area (Å²) < 4.78 is 19.2. The number of aromatic amines is 1. The lowest BCUT2D eigenvalue weighted by atomic mass is 9.95. The van der Waals surface area contributed by atoms with Crippen LogP contribution in [0.3, 0.4) is 0 Å². The summed E-state index contributed by atoms with van der Waals surface area (Å²) in [6, 6.07) is 4.10. The highest BCUT2D eigenvalue weighted by molar-refractivity contribution is 7.84. The number of benzene rings is 1. The molecule has 0 radical (unpaired) electrons. The number of aryl methyl sites for hydroxylation is 4. The van der Waals surface area contributed by atoms with E-state index in [0.717, 1.165) is 56.1 Å². The Morgan fingerprint density at radius 1 is 1.11 bits per heavy atom. The Morgan fingerprint density at radius 3 is 2.41 bits per heavy atom. The number of nitrogens with zero attached hydrogens (tertiary/aromatic N) is 4. The normalized spacial score (nSPS) is 12.8. The second-order valence-electron chi connectivity index (χ2n) is 6.78. The van der Waals surface area contributed by atoms with Gasteiger partial charge in [0, 0.05) is 35.7 Å². The second-order valence-corrected chi connectivity index (χ2v) is 8.08. The number of fused-ring (bicyclic) bond motifs is 1. The Kier molecular flexibility index (Phi) is 4.03. The Balaban J connectivity index is 2.11. The minimum atomic E-state index is -1.20. The number of aromatic nitrogens is 5. The summed E-state index contributed by atoms with van der Waals surface area (Å²) >= 11 is 0. The molecule has 8 heteroatoms. The quantitative estimate of drug-likeness (QED) is 0.584. The van der Waals surface area contributed by atoms with Crippen LogP contribution in [0.4, 0.5) is 0 Å². The number of nitrogens with one attached hydrogen (secondary N) is 1. The lowest BCUT2D eigenvalue weighted by molar-refractivity contribution is 0.393. The molecule has 4 aromatic rings. The van der Waals surface area contributed by atoms with Crippen molar-refractivity contribution >= 4 is 21.8 Å². The lowest BCUT2D eigenvalue weighted by Gasteiger charge is -2.08. The molecule has 140 valence electrons. The van der Waals surface area contributed by atoms with E-state index in [0.29, 0.717) is 5.16 Å². The maximum atomic E-state index is 12.0. The van der Waals surface area contributed by atoms with Crippen LogP contribution in [0.5, 0.6) is 0 Å². The number of rotatable bonds is 3. The van der Waals surface area contributed by atoms with E-state index in [9.17, 15) is 4.21 Å². The first-order valence-electron chi connectivity index (χ1n) is 8.59. The average molecular weight is 383 g/mol. The van der Waals surface area contributed by atoms with Crippen molar-refractivity contribution in [2.24, 2.45) is 7.05 Å². The van der Waals surface area contributed by atoms with E-state index in [2.05, 4.69) is 26.3 Å². The molecule has 1 N–H and O–H groups in total. The van der Waals surface area contributed by atoms with E-state index >= 15 is 0 Å². The number of H-pyrrole nitrogens is 1. The molecule has 0 spiro atoms. The fourth-order valence-electron chi connectivity index (χ4n) is 3.62. The number of imidazole rings is 1. The van der Waals surface area contributed by atoms with E-state index in [1.807, 2.05) is 45.5 Å². The maximum Gasteiger partial charge on any atom is 0.197 e. The maximum absolute atomic E-state index is 12.0. The molecule has 7 nitrogen and oxygen atoms in total. The fraction of sp³-hybridized carbons (Fsp3) is 0.316. The van der Waals surface area contributed by atoms with E-state index in [1.54, 1.807) is 6.26 Å². The second kappa shape index (κ2) is 6.16. The van der Waals surface area contributed by atoms with Crippen LogP contribution in [0.2, 0.25) is 0 Å². The first kappa shape index (κ1) is 17.7. The average Bonchev–Trinajstić information content (AvgIpc) is 3.24. The van der Waals surface area contributed by atoms with Crippen molar-refractivity contribution < 1.29 is 8.73 Å². The van der Waals surface area contributed by atoms with Crippen molar-refractivity contribution in [3.05, 3.63) is 35.0 Å². The van der Waals surface area contributed by atoms with Crippen molar-refractivity contribution in [3.8, 4) is 22.3 Å². The fourth-order valence-corrected chi connectivity index (χ4v) is 4.10. The van der Waals surface area contributed by atoms with Gasteiger partial charge in [0.15, 0.2) is 5.16 Å². The predicted molar refractivity (Wildman–Crippen MR) is 105 cm³/mol. The number of hydrogen-bond acceptors (Lipinski definition) is 5. The molecule has 1 aromatic carbocycles. The van der Waals surface area contributed by atoms with Gasteiger partial charge in [-0.15, -0.1) is 0 Å². The molecule has 3 aromatic heterocycles. The van der Waals surface area contributed by atoms with Gasteiger partial charge in [0.1, 0.15) is 5.76 Å². The Hall–Kier alpha value is -2.74. The van der Waals surface area contributed by atoms with Crippen molar-refractivity contribution in [2.45, 2.75) is 32.9 Å². The van der Waals surface area contributed by atoms with Gasteiger partial charge in [-0.2, -0.15) is 5.10 Å². The highest BCUT2D eigenvalue weighted by Gasteiger charge is 2.21. The molecule has 1 unspecified atom stereocenters. The van der Waals surface area contributed by atoms with Crippen molar-refractivity contribution in [3.63, 3.8) is 0 Å². The van der Waals surface area contributed by atoms with Crippen molar-refractivity contribution in [1.29, 1.82) is 0 Å². The summed E-state index contributed by atoms with van der Waals surface area (Å²) in [6.45, 7) is 7.85. The van der Waals surface area contributed by atoms with E-state index in [4.69, 9.17) is 4.52 Å². The van der Waals surface area contributed by atoms with Crippen LogP contribution >= 0.6 is 0 Å². The van der Waals surface area contributed by atoms with Crippen molar-refractivity contribution in [2.75, 3.05) is 6.26 Å². The molecule has 0 bridgehead atoms. The monoisotopic (exact) mass is 383 g/mol. The number of hydrogen-bond donors (Lipinski definition) is 1. The Bertz CT molecular complexity index is 1200. The summed E-state index contributed by atoms with van der Waals surface area (Å²) in [4.78, 5) is 7.82. The minimum Gasteiger partial charge on any atom is -0.361 e. The molecular weight excluding hydrogens is 362 g/mol. The van der Waals surface area contributed by atoms with Crippen LogP contribution in [-0.4, -0.2) is 35.4 Å². The van der Waals surface area contributed by atoms with E-state index in [1.165, 1.54) is 0 Å². The summed E-state index contributed by atoms with van der Waals surface area (Å²) in [7, 11) is 0.727. The largest absolute Gasteiger partial charge is 0.361 e. The van der Waals surface area contributed by atoms with Gasteiger partial charge in [-0.3, -0.25) is 8.89 Å². The zero-order valence-corrected chi connectivity index (χ0v) is 17.0. The van der Waals surface area contributed by atoms with Gasteiger partial charge in [-0.25, -0.2) is 4.98 Å². The third kappa shape index (κ3) is 2.71. The van der Waals surface area contributed by atoms with Gasteiger partial charge in [-0.1, -0.05) is 5.16 Å². The molecule has 3 heterocycles. The molecule has 4 rings (SSSR count). The topological polar surface area (TPSA) is 89.6 Å². The van der Waals surface area contributed by atoms with Crippen LogP contribution in [0.15, 0.2) is 21.8 Å². The van der Waals surface area contributed by atoms with Gasteiger partial charge in [-0.05, 0) is 45.4 Å². The SMILES string of the molecule is Cc1noc(C)c1-c1cc(-c2c(C)nn(C)c2C)c2nc(S(C)=O)[nH]c2c1. The van der Waals surface area contributed by atoms with Gasteiger partial charge >= 0.3 is 0 Å². The molecular formula is C19H21N5O2S. The highest BCUT2D eigenvalue weighted by atomic mass is 32.2. The van der Waals surface area contributed by atoms with E-state index in [-0.39, 0.29) is 0 Å². The molecule has 1 atom stereocenters. The Morgan fingerprint density at radius 2 is 1.85 bits per heavy atom. The molecule has 0 aliphatic rings. The third-order valence-electron chi connectivity index (χ3n) is 4.94. The zero-order chi connectivity index (χ0) is 19.5. The molecule has 0 fully saturated rings. The summed E-state index contributed by atoms with van der Waals surface area (Å²) in [6.07, 6.45) is 1.62. The van der Waals surface area contributed by atoms with Gasteiger partial charge in [0.2, 0.25) is 0 Å². The predicted octanol–water partition coefficient (Wildman–Crippen LogP) is 3.59. The first-order chi connectivity index (χ1) is 12.8. The smallest absolute Gasteiger partial charge is 0.197 e. The van der Waals surface area contributed by atoms with Crippen LogP contribution in [0.1, 0.15) is 22.8 Å². The van der Waals surface area contributed by atoms with Gasteiger partial charge in [0.05, 0.1) is 33.2 Å². The minimum absolute atomic E-state index is 0.460.